The second-order valence-electron chi connectivity index (χ2n) is 6.07. The molecule has 0 fully saturated rings. The van der Waals surface area contributed by atoms with Crippen LogP contribution in [0, 0.1) is 0 Å². The topological polar surface area (TPSA) is 72.5 Å². The highest BCUT2D eigenvalue weighted by molar-refractivity contribution is 6.01. The second kappa shape index (κ2) is 8.92. The van der Waals surface area contributed by atoms with Crippen LogP contribution in [0.4, 0.5) is 5.69 Å². The molecule has 132 valence electrons. The Hall–Kier alpha value is -2.75. The number of carboxylic acids is 1. The van der Waals surface area contributed by atoms with Crippen molar-refractivity contribution in [2.75, 3.05) is 5.73 Å². The molecule has 0 aliphatic heterocycles. The van der Waals surface area contributed by atoms with Crippen LogP contribution >= 0.6 is 0 Å². The standard InChI is InChI=1S/C21H25NO3/c1-3-4-5-7-10-15(2)25-18-14-13-17(21(23)24)19(20(18)22)16-11-8-6-9-12-16/h3,6,8-9,11-15H,1,4-5,7,10,22H2,2H3,(H,23,24). The molecule has 0 amide bonds. The molecular weight excluding hydrogens is 314 g/mol. The maximum Gasteiger partial charge on any atom is 0.336 e. The molecule has 4 heteroatoms. The van der Waals surface area contributed by atoms with Gasteiger partial charge in [-0.2, -0.15) is 0 Å². The molecule has 0 heterocycles. The number of hydrogen-bond donors (Lipinski definition) is 2. The number of carboxylic acid groups (broad SMARTS) is 1. The lowest BCUT2D eigenvalue weighted by atomic mass is 9.97. The molecule has 0 saturated heterocycles. The van der Waals surface area contributed by atoms with E-state index in [1.165, 1.54) is 0 Å². The normalized spacial score (nSPS) is 11.7. The first-order valence-corrected chi connectivity index (χ1v) is 8.53. The number of allylic oxidation sites excluding steroid dienone is 1. The molecule has 0 spiro atoms. The summed E-state index contributed by atoms with van der Waals surface area (Å²) in [5.41, 5.74) is 8.09. The predicted octanol–water partition coefficient (Wildman–Crippen LogP) is 5.15. The summed E-state index contributed by atoms with van der Waals surface area (Å²) < 4.78 is 5.98. The maximum absolute atomic E-state index is 11.6. The van der Waals surface area contributed by atoms with E-state index < -0.39 is 5.97 Å². The third-order valence-corrected chi connectivity index (χ3v) is 4.10. The van der Waals surface area contributed by atoms with Crippen molar-refractivity contribution in [1.29, 1.82) is 0 Å². The van der Waals surface area contributed by atoms with Gasteiger partial charge in [-0.05, 0) is 50.3 Å². The number of hydrogen-bond acceptors (Lipinski definition) is 3. The number of rotatable bonds is 9. The Balaban J connectivity index is 2.26. The number of carbonyl (C=O) groups is 1. The largest absolute Gasteiger partial charge is 0.489 e. The van der Waals surface area contributed by atoms with Gasteiger partial charge in [0.15, 0.2) is 0 Å². The molecule has 2 rings (SSSR count). The van der Waals surface area contributed by atoms with Crippen LogP contribution in [0.5, 0.6) is 5.75 Å². The number of unbranched alkanes of at least 4 members (excludes halogenated alkanes) is 2. The average molecular weight is 339 g/mol. The lowest BCUT2D eigenvalue weighted by Gasteiger charge is -2.19. The Morgan fingerprint density at radius 3 is 2.60 bits per heavy atom. The van der Waals surface area contributed by atoms with Gasteiger partial charge in [-0.1, -0.05) is 36.4 Å². The van der Waals surface area contributed by atoms with Crippen molar-refractivity contribution in [2.45, 2.75) is 38.7 Å². The first-order chi connectivity index (χ1) is 12.0. The summed E-state index contributed by atoms with van der Waals surface area (Å²) >= 11 is 0. The van der Waals surface area contributed by atoms with Gasteiger partial charge in [-0.15, -0.1) is 6.58 Å². The van der Waals surface area contributed by atoms with Crippen LogP contribution in [0.1, 0.15) is 43.0 Å². The maximum atomic E-state index is 11.6. The van der Waals surface area contributed by atoms with Gasteiger partial charge in [-0.25, -0.2) is 4.79 Å². The number of anilines is 1. The molecule has 1 atom stereocenters. The molecule has 25 heavy (non-hydrogen) atoms. The van der Waals surface area contributed by atoms with Crippen LogP contribution in [0.15, 0.2) is 55.1 Å². The molecule has 0 radical (unpaired) electrons. The highest BCUT2D eigenvalue weighted by Gasteiger charge is 2.19. The summed E-state index contributed by atoms with van der Waals surface area (Å²) in [7, 11) is 0. The summed E-state index contributed by atoms with van der Waals surface area (Å²) in [5, 5.41) is 9.49. The fourth-order valence-electron chi connectivity index (χ4n) is 2.79. The minimum atomic E-state index is -1.01. The van der Waals surface area contributed by atoms with Crippen LogP contribution < -0.4 is 10.5 Å². The molecule has 0 saturated carbocycles. The van der Waals surface area contributed by atoms with E-state index >= 15 is 0 Å². The Bertz CT molecular complexity index is 725. The number of nitrogen functional groups attached to an aromatic ring is 1. The van der Waals surface area contributed by atoms with Crippen molar-refractivity contribution in [1.82, 2.24) is 0 Å². The minimum Gasteiger partial charge on any atom is -0.489 e. The summed E-state index contributed by atoms with van der Waals surface area (Å²) in [6.07, 6.45) is 5.97. The molecule has 0 aliphatic carbocycles. The van der Waals surface area contributed by atoms with Gasteiger partial charge in [0.25, 0.3) is 0 Å². The first kappa shape index (κ1) is 18.6. The van der Waals surface area contributed by atoms with Gasteiger partial charge in [0.05, 0.1) is 17.4 Å². The molecule has 0 aromatic heterocycles. The number of nitrogens with two attached hydrogens (primary N) is 1. The number of aromatic carboxylic acids is 1. The zero-order chi connectivity index (χ0) is 18.2. The van der Waals surface area contributed by atoms with Crippen molar-refractivity contribution in [3.63, 3.8) is 0 Å². The fourth-order valence-corrected chi connectivity index (χ4v) is 2.79. The molecule has 3 N–H and O–H groups in total. The van der Waals surface area contributed by atoms with Gasteiger partial charge in [0, 0.05) is 5.56 Å². The van der Waals surface area contributed by atoms with Crippen LogP contribution in [0.25, 0.3) is 11.1 Å². The quantitative estimate of drug-likeness (QED) is 0.376. The van der Waals surface area contributed by atoms with Crippen LogP contribution in [0.3, 0.4) is 0 Å². The van der Waals surface area contributed by atoms with E-state index in [4.69, 9.17) is 10.5 Å². The van der Waals surface area contributed by atoms with Crippen molar-refractivity contribution >= 4 is 11.7 Å². The smallest absolute Gasteiger partial charge is 0.336 e. The number of ether oxygens (including phenoxy) is 1. The van der Waals surface area contributed by atoms with Gasteiger partial charge in [0.1, 0.15) is 5.75 Å². The van der Waals surface area contributed by atoms with Crippen LogP contribution in [-0.4, -0.2) is 17.2 Å². The first-order valence-electron chi connectivity index (χ1n) is 8.53. The van der Waals surface area contributed by atoms with E-state index in [0.29, 0.717) is 17.0 Å². The van der Waals surface area contributed by atoms with Gasteiger partial charge in [-0.3, -0.25) is 0 Å². The molecule has 2 aromatic carbocycles. The van der Waals surface area contributed by atoms with E-state index in [2.05, 4.69) is 6.58 Å². The lowest BCUT2D eigenvalue weighted by Crippen LogP contribution is -2.14. The average Bonchev–Trinajstić information content (AvgIpc) is 2.61. The summed E-state index contributed by atoms with van der Waals surface area (Å²) in [4.78, 5) is 11.6. The van der Waals surface area contributed by atoms with E-state index in [-0.39, 0.29) is 11.7 Å². The summed E-state index contributed by atoms with van der Waals surface area (Å²) in [6.45, 7) is 5.72. The van der Waals surface area contributed by atoms with Gasteiger partial charge in [0.2, 0.25) is 0 Å². The fraction of sp³-hybridized carbons (Fsp3) is 0.286. The molecule has 1 unspecified atom stereocenters. The molecule has 0 aliphatic rings. The van der Waals surface area contributed by atoms with Crippen molar-refractivity contribution in [2.24, 2.45) is 0 Å². The third kappa shape index (κ3) is 4.86. The SMILES string of the molecule is C=CCCCCC(C)Oc1ccc(C(=O)O)c(-c2ccccc2)c1N. The van der Waals surface area contributed by atoms with Gasteiger partial charge < -0.3 is 15.6 Å². The van der Waals surface area contributed by atoms with Crippen molar-refractivity contribution in [3.8, 4) is 16.9 Å². The monoisotopic (exact) mass is 339 g/mol. The third-order valence-electron chi connectivity index (χ3n) is 4.10. The molecule has 4 nitrogen and oxygen atoms in total. The second-order valence-corrected chi connectivity index (χ2v) is 6.07. The van der Waals surface area contributed by atoms with Crippen LogP contribution in [0.2, 0.25) is 0 Å². The minimum absolute atomic E-state index is 0.00594. The van der Waals surface area contributed by atoms with Crippen molar-refractivity contribution in [3.05, 3.63) is 60.7 Å². The van der Waals surface area contributed by atoms with E-state index in [9.17, 15) is 9.90 Å². The van der Waals surface area contributed by atoms with E-state index in [1.54, 1.807) is 12.1 Å². The molecule has 0 bridgehead atoms. The Morgan fingerprint density at radius 1 is 1.24 bits per heavy atom. The highest BCUT2D eigenvalue weighted by Crippen LogP contribution is 2.37. The Kier molecular flexibility index (Phi) is 6.63. The lowest BCUT2D eigenvalue weighted by molar-refractivity contribution is 0.0697. The molecular formula is C21H25NO3. The Morgan fingerprint density at radius 2 is 1.96 bits per heavy atom. The molecule has 2 aromatic rings. The highest BCUT2D eigenvalue weighted by atomic mass is 16.5. The zero-order valence-electron chi connectivity index (χ0n) is 14.6. The van der Waals surface area contributed by atoms with Gasteiger partial charge >= 0.3 is 5.97 Å². The van der Waals surface area contributed by atoms with Crippen LogP contribution in [-0.2, 0) is 0 Å². The van der Waals surface area contributed by atoms with Crippen molar-refractivity contribution < 1.29 is 14.6 Å². The predicted molar refractivity (Wildman–Crippen MR) is 102 cm³/mol. The summed E-state index contributed by atoms with van der Waals surface area (Å²) in [5.74, 6) is -0.477. The number of benzene rings is 2. The van der Waals surface area contributed by atoms with E-state index in [0.717, 1.165) is 31.2 Å². The Labute approximate surface area is 148 Å². The zero-order valence-corrected chi connectivity index (χ0v) is 14.6. The van der Waals surface area contributed by atoms with E-state index in [1.807, 2.05) is 43.3 Å². The summed E-state index contributed by atoms with van der Waals surface area (Å²) in [6, 6.07) is 12.5.